The van der Waals surface area contributed by atoms with Crippen molar-refractivity contribution in [3.8, 4) is 0 Å². The van der Waals surface area contributed by atoms with Crippen LogP contribution in [0.2, 0.25) is 5.02 Å². The van der Waals surface area contributed by atoms with Gasteiger partial charge in [-0.1, -0.05) is 24.6 Å². The number of nitro benzene ring substituents is 1. The van der Waals surface area contributed by atoms with Crippen LogP contribution >= 0.6 is 11.6 Å². The van der Waals surface area contributed by atoms with Crippen LogP contribution in [-0.4, -0.2) is 71.7 Å². The monoisotopic (exact) mass is 471 g/mol. The first kappa shape index (κ1) is 22.7. The molecule has 11 heteroatoms. The molecule has 0 spiro atoms. The Morgan fingerprint density at radius 3 is 2.52 bits per heavy atom. The predicted molar refractivity (Wildman–Crippen MR) is 123 cm³/mol. The summed E-state index contributed by atoms with van der Waals surface area (Å²) in [6, 6.07) is 9.01. The molecule has 1 N–H and O–H groups in total. The molecule has 2 aromatic rings. The van der Waals surface area contributed by atoms with Crippen molar-refractivity contribution >= 4 is 46.4 Å². The first-order chi connectivity index (χ1) is 15.8. The summed E-state index contributed by atoms with van der Waals surface area (Å²) >= 11 is 6.15. The highest BCUT2D eigenvalue weighted by Crippen LogP contribution is 2.32. The highest BCUT2D eigenvalue weighted by Gasteiger charge is 2.41. The van der Waals surface area contributed by atoms with Crippen LogP contribution in [0.4, 0.5) is 17.1 Å². The first-order valence-electron chi connectivity index (χ1n) is 10.5. The number of benzene rings is 2. The quantitative estimate of drug-likeness (QED) is 0.391. The van der Waals surface area contributed by atoms with Crippen LogP contribution in [-0.2, 0) is 4.79 Å². The number of nitrogens with zero attached hydrogens (tertiary/aromatic N) is 4. The number of fused-ring (bicyclic) bond motifs is 1. The van der Waals surface area contributed by atoms with Crippen molar-refractivity contribution in [1.29, 1.82) is 0 Å². The van der Waals surface area contributed by atoms with E-state index in [1.807, 2.05) is 6.07 Å². The molecular formula is C22H22ClN5O5. The van der Waals surface area contributed by atoms with Crippen molar-refractivity contribution in [3.63, 3.8) is 0 Å². The normalized spacial score (nSPS) is 16.2. The molecule has 33 heavy (non-hydrogen) atoms. The van der Waals surface area contributed by atoms with Gasteiger partial charge in [-0.05, 0) is 30.8 Å². The summed E-state index contributed by atoms with van der Waals surface area (Å²) in [6.45, 7) is 5.84. The Balaban J connectivity index is 1.51. The van der Waals surface area contributed by atoms with Gasteiger partial charge in [0.25, 0.3) is 17.5 Å². The Labute approximate surface area is 194 Å². The van der Waals surface area contributed by atoms with Gasteiger partial charge in [-0.25, -0.2) is 0 Å². The summed E-state index contributed by atoms with van der Waals surface area (Å²) < 4.78 is 0. The maximum atomic E-state index is 12.8. The minimum absolute atomic E-state index is 0.0840. The average molecular weight is 472 g/mol. The van der Waals surface area contributed by atoms with Crippen molar-refractivity contribution < 1.29 is 19.3 Å². The maximum absolute atomic E-state index is 12.8. The molecule has 0 radical (unpaired) electrons. The molecule has 0 aliphatic carbocycles. The third kappa shape index (κ3) is 4.39. The van der Waals surface area contributed by atoms with Crippen LogP contribution in [0.1, 0.15) is 27.6 Å². The molecule has 10 nitrogen and oxygen atoms in total. The van der Waals surface area contributed by atoms with E-state index in [9.17, 15) is 24.5 Å². The second-order valence-corrected chi connectivity index (χ2v) is 8.22. The molecule has 0 saturated carbocycles. The third-order valence-corrected chi connectivity index (χ3v) is 6.10. The summed E-state index contributed by atoms with van der Waals surface area (Å²) in [4.78, 5) is 53.9. The molecule has 0 atom stereocenters. The molecule has 2 heterocycles. The number of carbonyl (C=O) groups is 3. The van der Waals surface area contributed by atoms with E-state index in [0.29, 0.717) is 10.7 Å². The van der Waals surface area contributed by atoms with Crippen LogP contribution in [0.5, 0.6) is 0 Å². The fourth-order valence-corrected chi connectivity index (χ4v) is 4.31. The van der Waals surface area contributed by atoms with Gasteiger partial charge in [0.05, 0.1) is 21.9 Å². The van der Waals surface area contributed by atoms with Crippen LogP contribution in [0.25, 0.3) is 0 Å². The standard InChI is InChI=1S/C22H22ClN5O5/c1-2-25-8-10-26(11-9-25)17-7-6-14(23)12-16(17)24-19(29)13-27-21(30)15-4-3-5-18(28(32)33)20(15)22(27)31/h3-7,12H,2,8-11,13H2,1H3,(H,24,29). The van der Waals surface area contributed by atoms with Crippen molar-refractivity contribution in [1.82, 2.24) is 9.80 Å². The van der Waals surface area contributed by atoms with Gasteiger partial charge in [0, 0.05) is 37.3 Å². The number of likely N-dealkylation sites (N-methyl/N-ethyl adjacent to an activating group) is 1. The Hall–Kier alpha value is -3.50. The van der Waals surface area contributed by atoms with E-state index in [-0.39, 0.29) is 11.1 Å². The number of nitro groups is 1. The average Bonchev–Trinajstić information content (AvgIpc) is 3.04. The molecule has 0 bridgehead atoms. The molecule has 1 fully saturated rings. The summed E-state index contributed by atoms with van der Waals surface area (Å²) in [6.07, 6.45) is 0. The van der Waals surface area contributed by atoms with E-state index in [1.54, 1.807) is 12.1 Å². The number of halogens is 1. The molecule has 1 saturated heterocycles. The van der Waals surface area contributed by atoms with Crippen LogP contribution in [0.3, 0.4) is 0 Å². The van der Waals surface area contributed by atoms with E-state index < -0.39 is 34.9 Å². The lowest BCUT2D eigenvalue weighted by Crippen LogP contribution is -2.46. The Morgan fingerprint density at radius 2 is 1.85 bits per heavy atom. The molecule has 3 amide bonds. The lowest BCUT2D eigenvalue weighted by Gasteiger charge is -2.36. The van der Waals surface area contributed by atoms with Gasteiger partial charge in [-0.15, -0.1) is 0 Å². The fraction of sp³-hybridized carbons (Fsp3) is 0.318. The van der Waals surface area contributed by atoms with Crippen molar-refractivity contribution in [2.24, 2.45) is 0 Å². The number of hydrogen-bond donors (Lipinski definition) is 1. The number of amides is 3. The first-order valence-corrected chi connectivity index (χ1v) is 10.9. The summed E-state index contributed by atoms with van der Waals surface area (Å²) in [5.41, 5.74) is 0.426. The van der Waals surface area contributed by atoms with Gasteiger partial charge in [-0.3, -0.25) is 29.4 Å². The predicted octanol–water partition coefficient (Wildman–Crippen LogP) is 2.62. The minimum Gasteiger partial charge on any atom is -0.367 e. The SMILES string of the molecule is CCN1CCN(c2ccc(Cl)cc2NC(=O)CN2C(=O)c3cccc([N+](=O)[O-])c3C2=O)CC1. The van der Waals surface area contributed by atoms with E-state index in [1.165, 1.54) is 12.1 Å². The van der Waals surface area contributed by atoms with E-state index >= 15 is 0 Å². The van der Waals surface area contributed by atoms with Crippen LogP contribution in [0.15, 0.2) is 36.4 Å². The van der Waals surface area contributed by atoms with Gasteiger partial charge < -0.3 is 15.1 Å². The smallest absolute Gasteiger partial charge is 0.282 e. The van der Waals surface area contributed by atoms with E-state index in [4.69, 9.17) is 11.6 Å². The van der Waals surface area contributed by atoms with Crippen molar-refractivity contribution in [2.45, 2.75) is 6.92 Å². The van der Waals surface area contributed by atoms with Gasteiger partial charge in [-0.2, -0.15) is 0 Å². The molecule has 2 aliphatic rings. The molecular weight excluding hydrogens is 450 g/mol. The van der Waals surface area contributed by atoms with E-state index in [2.05, 4.69) is 22.0 Å². The summed E-state index contributed by atoms with van der Waals surface area (Å²) in [7, 11) is 0. The number of imide groups is 1. The van der Waals surface area contributed by atoms with Gasteiger partial charge in [0.15, 0.2) is 0 Å². The van der Waals surface area contributed by atoms with Crippen molar-refractivity contribution in [3.05, 3.63) is 62.7 Å². The number of nitrogens with one attached hydrogen (secondary N) is 1. The Kier molecular flexibility index (Phi) is 6.30. The third-order valence-electron chi connectivity index (χ3n) is 5.87. The van der Waals surface area contributed by atoms with Crippen LogP contribution in [0, 0.1) is 10.1 Å². The molecule has 172 valence electrons. The summed E-state index contributed by atoms with van der Waals surface area (Å²) in [5, 5.41) is 14.4. The number of anilines is 2. The summed E-state index contributed by atoms with van der Waals surface area (Å²) in [5.74, 6) is -2.21. The zero-order valence-corrected chi connectivity index (χ0v) is 18.7. The molecule has 2 aromatic carbocycles. The maximum Gasteiger partial charge on any atom is 0.282 e. The van der Waals surface area contributed by atoms with E-state index in [0.717, 1.165) is 49.4 Å². The number of hydrogen-bond acceptors (Lipinski definition) is 7. The van der Waals surface area contributed by atoms with Gasteiger partial charge >= 0.3 is 0 Å². The fourth-order valence-electron chi connectivity index (χ4n) is 4.13. The second-order valence-electron chi connectivity index (χ2n) is 7.78. The highest BCUT2D eigenvalue weighted by atomic mass is 35.5. The lowest BCUT2D eigenvalue weighted by molar-refractivity contribution is -0.385. The van der Waals surface area contributed by atoms with Crippen molar-refractivity contribution in [2.75, 3.05) is 49.5 Å². The largest absolute Gasteiger partial charge is 0.367 e. The molecule has 2 aliphatic heterocycles. The number of carbonyl (C=O) groups excluding carboxylic acids is 3. The lowest BCUT2D eigenvalue weighted by atomic mass is 10.1. The highest BCUT2D eigenvalue weighted by molar-refractivity contribution is 6.31. The van der Waals surface area contributed by atoms with Crippen LogP contribution < -0.4 is 10.2 Å². The Bertz CT molecular complexity index is 1150. The zero-order chi connectivity index (χ0) is 23.7. The topological polar surface area (TPSA) is 116 Å². The van der Waals surface area contributed by atoms with Gasteiger partial charge in [0.1, 0.15) is 12.1 Å². The molecule has 0 aromatic heterocycles. The molecule has 4 rings (SSSR count). The zero-order valence-electron chi connectivity index (χ0n) is 17.9. The number of piperazine rings is 1. The minimum atomic E-state index is -0.862. The number of rotatable bonds is 6. The Morgan fingerprint density at radius 1 is 1.12 bits per heavy atom. The molecule has 0 unspecified atom stereocenters. The van der Waals surface area contributed by atoms with Gasteiger partial charge in [0.2, 0.25) is 5.91 Å². The second kappa shape index (κ2) is 9.16.